The van der Waals surface area contributed by atoms with E-state index >= 15 is 0 Å². The zero-order chi connectivity index (χ0) is 19.2. The Morgan fingerprint density at radius 3 is 2.70 bits per heavy atom. The number of anilines is 1. The van der Waals surface area contributed by atoms with Gasteiger partial charge < -0.3 is 20.0 Å². The second-order valence-electron chi connectivity index (χ2n) is 7.80. The van der Waals surface area contributed by atoms with Crippen LogP contribution in [0.2, 0.25) is 5.02 Å². The third kappa shape index (κ3) is 3.17. The lowest BCUT2D eigenvalue weighted by molar-refractivity contribution is 0.318. The number of hydrogen-bond acceptors (Lipinski definition) is 5. The summed E-state index contributed by atoms with van der Waals surface area (Å²) in [5.74, 6) is 0.968. The van der Waals surface area contributed by atoms with E-state index in [2.05, 4.69) is 57.5 Å². The summed E-state index contributed by atoms with van der Waals surface area (Å²) in [6, 6.07) is 3.96. The molecule has 0 atom stereocenters. The van der Waals surface area contributed by atoms with Gasteiger partial charge in [0.05, 0.1) is 23.1 Å². The quantitative estimate of drug-likeness (QED) is 0.846. The lowest BCUT2D eigenvalue weighted by Gasteiger charge is -2.41. The summed E-state index contributed by atoms with van der Waals surface area (Å²) in [5, 5.41) is 12.7. The molecule has 6 nitrogen and oxygen atoms in total. The van der Waals surface area contributed by atoms with E-state index < -0.39 is 0 Å². The molecule has 144 valence electrons. The van der Waals surface area contributed by atoms with Gasteiger partial charge in [0.1, 0.15) is 0 Å². The van der Waals surface area contributed by atoms with Crippen molar-refractivity contribution in [3.8, 4) is 0 Å². The number of halogens is 1. The predicted molar refractivity (Wildman–Crippen MR) is 112 cm³/mol. The number of hydrogen-bond donors (Lipinski definition) is 2. The minimum Gasteiger partial charge on any atom is -0.371 e. The predicted octanol–water partition coefficient (Wildman–Crippen LogP) is 3.01. The molecule has 2 N–H and O–H groups in total. The van der Waals surface area contributed by atoms with E-state index in [4.69, 9.17) is 11.6 Å². The van der Waals surface area contributed by atoms with Gasteiger partial charge in [0.15, 0.2) is 0 Å². The lowest BCUT2D eigenvalue weighted by Crippen LogP contribution is -2.50. The highest BCUT2D eigenvalue weighted by atomic mass is 35.5. The van der Waals surface area contributed by atoms with Crippen LogP contribution in [0.1, 0.15) is 12.8 Å². The molecule has 7 heteroatoms. The van der Waals surface area contributed by atoms with Crippen LogP contribution in [0.25, 0.3) is 10.9 Å². The molecule has 1 spiro atoms. The number of benzene rings is 1. The van der Waals surface area contributed by atoms with Gasteiger partial charge in [-0.05, 0) is 39.1 Å². The molecule has 27 heavy (non-hydrogen) atoms. The van der Waals surface area contributed by atoms with E-state index in [-0.39, 0.29) is 5.54 Å². The van der Waals surface area contributed by atoms with Crippen LogP contribution >= 0.6 is 11.6 Å². The van der Waals surface area contributed by atoms with Gasteiger partial charge in [-0.2, -0.15) is 5.10 Å². The second-order valence-corrected chi connectivity index (χ2v) is 8.24. The van der Waals surface area contributed by atoms with Crippen LogP contribution < -0.4 is 10.2 Å². The van der Waals surface area contributed by atoms with Gasteiger partial charge >= 0.3 is 0 Å². The maximum Gasteiger partial charge on any atom is 0.0989 e. The van der Waals surface area contributed by atoms with Crippen LogP contribution in [0.15, 0.2) is 43.0 Å². The summed E-state index contributed by atoms with van der Waals surface area (Å²) in [4.78, 5) is 6.82. The topological polar surface area (TPSA) is 50.4 Å². The number of piperidine rings is 1. The van der Waals surface area contributed by atoms with Crippen molar-refractivity contribution in [1.29, 1.82) is 0 Å². The van der Waals surface area contributed by atoms with Gasteiger partial charge in [0.2, 0.25) is 0 Å². The maximum atomic E-state index is 6.32. The first-order chi connectivity index (χ1) is 12.9. The summed E-state index contributed by atoms with van der Waals surface area (Å²) in [7, 11) is 4.18. The number of nitrogens with zero attached hydrogens (tertiary/aromatic N) is 4. The molecule has 0 radical (unpaired) electrons. The Morgan fingerprint density at radius 2 is 2.00 bits per heavy atom. The Bertz CT molecular complexity index is 878. The lowest BCUT2D eigenvalue weighted by atomic mass is 9.85. The number of likely N-dealkylation sites (N-methyl/N-ethyl adjacent to an activating group) is 1. The number of nitrogens with one attached hydrogen (secondary N) is 2. The Labute approximate surface area is 165 Å². The van der Waals surface area contributed by atoms with Gasteiger partial charge in [-0.3, -0.25) is 5.10 Å². The molecule has 2 aliphatic rings. The van der Waals surface area contributed by atoms with Crippen molar-refractivity contribution < 1.29 is 0 Å². The van der Waals surface area contributed by atoms with Crippen molar-refractivity contribution >= 4 is 28.2 Å². The number of rotatable bonds is 4. The van der Waals surface area contributed by atoms with Gasteiger partial charge in [0, 0.05) is 48.0 Å². The molecular formula is C20H27ClN6. The summed E-state index contributed by atoms with van der Waals surface area (Å²) in [6.07, 6.45) is 3.84. The molecule has 2 aliphatic heterocycles. The van der Waals surface area contributed by atoms with E-state index in [0.717, 1.165) is 72.2 Å². The van der Waals surface area contributed by atoms with E-state index in [1.807, 2.05) is 18.3 Å². The molecule has 0 amide bonds. The fraction of sp³-hybridized carbons (Fsp3) is 0.450. The standard InChI is InChI=1S/C20H27ClN6/c1-14-20(23-15(2)27(14)10-9-25(3)4)5-7-26(8-6-20)19-12-16(21)11-18-17(19)13-22-24-18/h11-13,23H,1-2,5-10H2,3-4H3,(H,22,24). The number of aromatic nitrogens is 2. The minimum atomic E-state index is -0.0893. The van der Waals surface area contributed by atoms with Crippen LogP contribution in [0.5, 0.6) is 0 Å². The van der Waals surface area contributed by atoms with E-state index in [0.29, 0.717) is 0 Å². The van der Waals surface area contributed by atoms with Gasteiger partial charge in [-0.1, -0.05) is 24.8 Å². The van der Waals surface area contributed by atoms with Crippen molar-refractivity contribution in [2.75, 3.05) is 45.2 Å². The molecular weight excluding hydrogens is 360 g/mol. The largest absolute Gasteiger partial charge is 0.371 e. The SMILES string of the molecule is C=C1NC2(CCN(c3cc(Cl)cc4[nH]ncc34)CC2)C(=C)N1CCN(C)C. The number of H-pyrrole nitrogens is 1. The Kier molecular flexibility index (Phi) is 4.56. The van der Waals surface area contributed by atoms with Crippen LogP contribution in [-0.4, -0.2) is 65.8 Å². The van der Waals surface area contributed by atoms with Crippen molar-refractivity contribution in [2.24, 2.45) is 0 Å². The average Bonchev–Trinajstić information content (AvgIpc) is 3.17. The fourth-order valence-electron chi connectivity index (χ4n) is 4.21. The monoisotopic (exact) mass is 386 g/mol. The zero-order valence-electron chi connectivity index (χ0n) is 16.1. The number of fused-ring (bicyclic) bond motifs is 1. The molecule has 0 saturated carbocycles. The van der Waals surface area contributed by atoms with Gasteiger partial charge in [0.25, 0.3) is 0 Å². The van der Waals surface area contributed by atoms with Crippen molar-refractivity contribution in [2.45, 2.75) is 18.4 Å². The molecule has 1 aromatic heterocycles. The highest BCUT2D eigenvalue weighted by Crippen LogP contribution is 2.40. The number of aromatic amines is 1. The molecule has 0 bridgehead atoms. The van der Waals surface area contributed by atoms with Gasteiger partial charge in [-0.25, -0.2) is 0 Å². The summed E-state index contributed by atoms with van der Waals surface area (Å²) in [6.45, 7) is 12.4. The first kappa shape index (κ1) is 18.2. The van der Waals surface area contributed by atoms with Gasteiger partial charge in [-0.15, -0.1) is 0 Å². The normalized spacial score (nSPS) is 19.6. The summed E-state index contributed by atoms with van der Waals surface area (Å²) < 4.78 is 0. The van der Waals surface area contributed by atoms with Crippen molar-refractivity contribution in [1.82, 2.24) is 25.3 Å². The van der Waals surface area contributed by atoms with Crippen LogP contribution in [0.4, 0.5) is 5.69 Å². The second kappa shape index (κ2) is 6.77. The first-order valence-electron chi connectivity index (χ1n) is 9.36. The van der Waals surface area contributed by atoms with E-state index in [9.17, 15) is 0 Å². The molecule has 4 rings (SSSR count). The molecule has 2 fully saturated rings. The average molecular weight is 387 g/mol. The Morgan fingerprint density at radius 1 is 1.26 bits per heavy atom. The molecule has 2 saturated heterocycles. The summed E-state index contributed by atoms with van der Waals surface area (Å²) in [5.41, 5.74) is 3.18. The molecule has 0 aliphatic carbocycles. The van der Waals surface area contributed by atoms with Crippen molar-refractivity contribution in [3.05, 3.63) is 48.0 Å². The van der Waals surface area contributed by atoms with E-state index in [1.165, 1.54) is 0 Å². The molecule has 0 unspecified atom stereocenters. The Hall–Kier alpha value is -2.18. The Balaban J connectivity index is 1.51. The zero-order valence-corrected chi connectivity index (χ0v) is 16.8. The highest BCUT2D eigenvalue weighted by Gasteiger charge is 2.45. The molecule has 2 aromatic rings. The maximum absolute atomic E-state index is 6.32. The van der Waals surface area contributed by atoms with Crippen LogP contribution in [0.3, 0.4) is 0 Å². The van der Waals surface area contributed by atoms with Crippen LogP contribution in [0, 0.1) is 0 Å². The van der Waals surface area contributed by atoms with Crippen molar-refractivity contribution in [3.63, 3.8) is 0 Å². The minimum absolute atomic E-state index is 0.0893. The first-order valence-corrected chi connectivity index (χ1v) is 9.74. The highest BCUT2D eigenvalue weighted by molar-refractivity contribution is 6.31. The third-order valence-electron chi connectivity index (χ3n) is 5.82. The van der Waals surface area contributed by atoms with E-state index in [1.54, 1.807) is 0 Å². The molecule has 3 heterocycles. The summed E-state index contributed by atoms with van der Waals surface area (Å²) >= 11 is 6.32. The molecule has 1 aromatic carbocycles. The smallest absolute Gasteiger partial charge is 0.0989 e. The fourth-order valence-corrected chi connectivity index (χ4v) is 4.42. The van der Waals surface area contributed by atoms with Crippen LogP contribution in [-0.2, 0) is 0 Å². The third-order valence-corrected chi connectivity index (χ3v) is 6.04.